The van der Waals surface area contributed by atoms with Gasteiger partial charge >= 0.3 is 5.97 Å². The molecule has 0 aliphatic heterocycles. The molecule has 1 amide bonds. The van der Waals surface area contributed by atoms with Crippen molar-refractivity contribution in [3.05, 3.63) is 34.6 Å². The van der Waals surface area contributed by atoms with Crippen molar-refractivity contribution < 1.29 is 19.1 Å². The number of hydrogen-bond donors (Lipinski definition) is 2. The largest absolute Gasteiger partial charge is 0.481 e. The van der Waals surface area contributed by atoms with Crippen LogP contribution >= 0.6 is 11.6 Å². The van der Waals surface area contributed by atoms with E-state index in [4.69, 9.17) is 16.7 Å². The molecule has 2 N–H and O–H groups in total. The lowest BCUT2D eigenvalue weighted by atomic mass is 10.1. The lowest BCUT2D eigenvalue weighted by molar-refractivity contribution is -0.137. The Bertz CT molecular complexity index is 459. The molecule has 1 unspecified atom stereocenters. The maximum atomic E-state index is 13.5. The summed E-state index contributed by atoms with van der Waals surface area (Å²) in [6.07, 6.45) is 0.484. The number of benzene rings is 1. The first-order chi connectivity index (χ1) is 8.91. The third-order valence-electron chi connectivity index (χ3n) is 2.65. The second-order valence-electron chi connectivity index (χ2n) is 4.34. The molecular weight excluding hydrogens is 273 g/mol. The van der Waals surface area contributed by atoms with E-state index in [0.717, 1.165) is 6.07 Å². The standard InChI is InChI=1S/C13H15ClFNO3/c1-8(5-6-11(17)18)7-16-13(19)12-9(14)3-2-4-10(12)15/h2-4,8H,5-7H2,1H3,(H,16,19)(H,17,18). The second-order valence-corrected chi connectivity index (χ2v) is 4.75. The molecule has 1 rings (SSSR count). The van der Waals surface area contributed by atoms with Gasteiger partial charge in [-0.25, -0.2) is 4.39 Å². The van der Waals surface area contributed by atoms with E-state index in [1.54, 1.807) is 0 Å². The van der Waals surface area contributed by atoms with Crippen LogP contribution in [0.4, 0.5) is 4.39 Å². The van der Waals surface area contributed by atoms with E-state index in [9.17, 15) is 14.0 Å². The van der Waals surface area contributed by atoms with Crippen LogP contribution in [0.1, 0.15) is 30.1 Å². The molecular formula is C13H15ClFNO3. The number of halogens is 2. The van der Waals surface area contributed by atoms with Crippen molar-refractivity contribution in [2.45, 2.75) is 19.8 Å². The summed E-state index contributed by atoms with van der Waals surface area (Å²) in [5, 5.41) is 11.1. The number of carboxylic acids is 1. The Morgan fingerprint density at radius 2 is 2.16 bits per heavy atom. The maximum Gasteiger partial charge on any atom is 0.303 e. The van der Waals surface area contributed by atoms with Gasteiger partial charge in [0.1, 0.15) is 5.82 Å². The average Bonchev–Trinajstić information content (AvgIpc) is 2.33. The Hall–Kier alpha value is -1.62. The smallest absolute Gasteiger partial charge is 0.303 e. The normalized spacial score (nSPS) is 11.9. The van der Waals surface area contributed by atoms with Gasteiger partial charge in [-0.05, 0) is 24.5 Å². The van der Waals surface area contributed by atoms with Crippen molar-refractivity contribution in [2.24, 2.45) is 5.92 Å². The third kappa shape index (κ3) is 4.87. The first kappa shape index (κ1) is 15.4. The number of aliphatic carboxylic acids is 1. The number of rotatable bonds is 6. The van der Waals surface area contributed by atoms with E-state index in [1.165, 1.54) is 12.1 Å². The van der Waals surface area contributed by atoms with Gasteiger partial charge in [-0.1, -0.05) is 24.6 Å². The quantitative estimate of drug-likeness (QED) is 0.845. The molecule has 0 heterocycles. The molecule has 0 fully saturated rings. The molecule has 1 aromatic carbocycles. The lowest BCUT2D eigenvalue weighted by Crippen LogP contribution is -2.29. The summed E-state index contributed by atoms with van der Waals surface area (Å²) in [5.41, 5.74) is -0.186. The Labute approximate surface area is 115 Å². The molecule has 1 aromatic rings. The third-order valence-corrected chi connectivity index (χ3v) is 2.97. The van der Waals surface area contributed by atoms with Gasteiger partial charge in [-0.15, -0.1) is 0 Å². The summed E-state index contributed by atoms with van der Waals surface area (Å²) >= 11 is 5.76. The molecule has 0 saturated heterocycles. The van der Waals surface area contributed by atoms with Gasteiger partial charge < -0.3 is 10.4 Å². The van der Waals surface area contributed by atoms with E-state index < -0.39 is 17.7 Å². The summed E-state index contributed by atoms with van der Waals surface area (Å²) in [5.74, 6) is -2.16. The summed E-state index contributed by atoms with van der Waals surface area (Å²) in [6, 6.07) is 4.02. The highest BCUT2D eigenvalue weighted by molar-refractivity contribution is 6.33. The average molecular weight is 288 g/mol. The van der Waals surface area contributed by atoms with E-state index in [-0.39, 0.29) is 29.5 Å². The highest BCUT2D eigenvalue weighted by atomic mass is 35.5. The Morgan fingerprint density at radius 3 is 2.74 bits per heavy atom. The van der Waals surface area contributed by atoms with E-state index in [0.29, 0.717) is 6.42 Å². The van der Waals surface area contributed by atoms with Crippen molar-refractivity contribution in [3.63, 3.8) is 0 Å². The van der Waals surface area contributed by atoms with Gasteiger partial charge in [-0.2, -0.15) is 0 Å². The van der Waals surface area contributed by atoms with Gasteiger partial charge in [0.2, 0.25) is 0 Å². The minimum Gasteiger partial charge on any atom is -0.481 e. The van der Waals surface area contributed by atoms with Crippen LogP contribution in [0, 0.1) is 11.7 Å². The van der Waals surface area contributed by atoms with Crippen LogP contribution in [0.25, 0.3) is 0 Å². The summed E-state index contributed by atoms with van der Waals surface area (Å²) < 4.78 is 13.5. The molecule has 0 radical (unpaired) electrons. The predicted molar refractivity (Wildman–Crippen MR) is 69.8 cm³/mol. The van der Waals surface area contributed by atoms with Crippen LogP contribution < -0.4 is 5.32 Å². The van der Waals surface area contributed by atoms with Crippen LogP contribution in [0.15, 0.2) is 18.2 Å². The van der Waals surface area contributed by atoms with Gasteiger partial charge in [0.15, 0.2) is 0 Å². The predicted octanol–water partition coefficient (Wildman–Crippen LogP) is 2.71. The summed E-state index contributed by atoms with van der Waals surface area (Å²) in [6.45, 7) is 2.09. The second kappa shape index (κ2) is 7.09. The minimum atomic E-state index is -0.879. The minimum absolute atomic E-state index is 0.00870. The number of carboxylic acid groups (broad SMARTS) is 1. The van der Waals surface area contributed by atoms with Crippen LogP contribution in [0.3, 0.4) is 0 Å². The fraction of sp³-hybridized carbons (Fsp3) is 0.385. The van der Waals surface area contributed by atoms with Crippen LogP contribution in [0.5, 0.6) is 0 Å². The zero-order valence-electron chi connectivity index (χ0n) is 10.5. The van der Waals surface area contributed by atoms with Crippen molar-refractivity contribution in [1.29, 1.82) is 0 Å². The highest BCUT2D eigenvalue weighted by Gasteiger charge is 2.16. The molecule has 19 heavy (non-hydrogen) atoms. The molecule has 0 aliphatic carbocycles. The van der Waals surface area contributed by atoms with Crippen molar-refractivity contribution >= 4 is 23.5 Å². The Kier molecular flexibility index (Phi) is 5.76. The number of amides is 1. The number of carbonyl (C=O) groups excluding carboxylic acids is 1. The van der Waals surface area contributed by atoms with Crippen molar-refractivity contribution in [2.75, 3.05) is 6.54 Å². The zero-order chi connectivity index (χ0) is 14.4. The van der Waals surface area contributed by atoms with Crippen molar-refractivity contribution in [1.82, 2.24) is 5.32 Å². The van der Waals surface area contributed by atoms with Gasteiger partial charge in [0.25, 0.3) is 5.91 Å². The van der Waals surface area contributed by atoms with Gasteiger partial charge in [0.05, 0.1) is 10.6 Å². The van der Waals surface area contributed by atoms with Gasteiger partial charge in [0, 0.05) is 13.0 Å². The van der Waals surface area contributed by atoms with Crippen LogP contribution in [0.2, 0.25) is 5.02 Å². The molecule has 6 heteroatoms. The maximum absolute atomic E-state index is 13.5. The number of hydrogen-bond acceptors (Lipinski definition) is 2. The van der Waals surface area contributed by atoms with Crippen LogP contribution in [-0.4, -0.2) is 23.5 Å². The first-order valence-electron chi connectivity index (χ1n) is 5.85. The molecule has 0 aliphatic rings. The molecule has 0 spiro atoms. The molecule has 0 aromatic heterocycles. The number of nitrogens with one attached hydrogen (secondary N) is 1. The molecule has 1 atom stereocenters. The van der Waals surface area contributed by atoms with Crippen LogP contribution in [-0.2, 0) is 4.79 Å². The topological polar surface area (TPSA) is 66.4 Å². The highest BCUT2D eigenvalue weighted by Crippen LogP contribution is 2.18. The molecule has 4 nitrogen and oxygen atoms in total. The summed E-state index contributed by atoms with van der Waals surface area (Å²) in [4.78, 5) is 22.2. The van der Waals surface area contributed by atoms with E-state index in [2.05, 4.69) is 5.32 Å². The van der Waals surface area contributed by atoms with Gasteiger partial charge in [-0.3, -0.25) is 9.59 Å². The summed E-state index contributed by atoms with van der Waals surface area (Å²) in [7, 11) is 0. The van der Waals surface area contributed by atoms with E-state index in [1.807, 2.05) is 6.92 Å². The lowest BCUT2D eigenvalue weighted by Gasteiger charge is -2.12. The Morgan fingerprint density at radius 1 is 1.47 bits per heavy atom. The zero-order valence-corrected chi connectivity index (χ0v) is 11.2. The fourth-order valence-electron chi connectivity index (χ4n) is 1.54. The monoisotopic (exact) mass is 287 g/mol. The molecule has 104 valence electrons. The first-order valence-corrected chi connectivity index (χ1v) is 6.23. The SMILES string of the molecule is CC(CCC(=O)O)CNC(=O)c1c(F)cccc1Cl. The van der Waals surface area contributed by atoms with E-state index >= 15 is 0 Å². The molecule has 0 bridgehead atoms. The van der Waals surface area contributed by atoms with Crippen molar-refractivity contribution in [3.8, 4) is 0 Å². The number of carbonyl (C=O) groups is 2. The Balaban J connectivity index is 2.54. The fourth-order valence-corrected chi connectivity index (χ4v) is 1.79. The molecule has 0 saturated carbocycles.